The quantitative estimate of drug-likeness (QED) is 0.0706. The van der Waals surface area contributed by atoms with Crippen molar-refractivity contribution >= 4 is 20.3 Å². The highest BCUT2D eigenvalue weighted by atomic mass is 28.4. The summed E-state index contributed by atoms with van der Waals surface area (Å²) in [5.41, 5.74) is 2.44. The van der Waals surface area contributed by atoms with Gasteiger partial charge in [0.05, 0.1) is 37.1 Å². The highest BCUT2D eigenvalue weighted by molar-refractivity contribution is 6.73. The predicted molar refractivity (Wildman–Crippen MR) is 214 cm³/mol. The molecule has 8 nitrogen and oxygen atoms in total. The van der Waals surface area contributed by atoms with Gasteiger partial charge in [-0.1, -0.05) is 114 Å². The molecule has 4 aliphatic heterocycles. The van der Waals surface area contributed by atoms with Gasteiger partial charge in [-0.05, 0) is 75.6 Å². The molecule has 0 aromatic carbocycles. The Labute approximate surface area is 321 Å². The van der Waals surface area contributed by atoms with Crippen LogP contribution in [0.25, 0.3) is 0 Å². The van der Waals surface area contributed by atoms with E-state index in [1.807, 2.05) is 18.2 Å². The summed E-state index contributed by atoms with van der Waals surface area (Å²) in [6.45, 7) is 17.7. The summed E-state index contributed by atoms with van der Waals surface area (Å²) in [4.78, 5) is 25.9. The number of hydrogen-bond donors (Lipinski definition) is 0. The fourth-order valence-corrected chi connectivity index (χ4v) is 13.2. The molecule has 298 valence electrons. The zero-order valence-corrected chi connectivity index (χ0v) is 34.7. The molecule has 0 spiro atoms. The van der Waals surface area contributed by atoms with Crippen molar-refractivity contribution in [3.05, 3.63) is 60.3 Å². The number of esters is 2. The molecule has 1 saturated heterocycles. The molecular weight excluding hydrogens is 685 g/mol. The minimum atomic E-state index is -2.11. The Morgan fingerprint density at radius 2 is 1.72 bits per heavy atom. The van der Waals surface area contributed by atoms with Crippen LogP contribution >= 0.6 is 0 Å². The minimum absolute atomic E-state index is 0.0987. The number of hydrogen-bond acceptors (Lipinski definition) is 8. The molecule has 0 aromatic rings. The summed E-state index contributed by atoms with van der Waals surface area (Å²) in [6, 6.07) is 3.49. The molecule has 0 amide bonds. The van der Waals surface area contributed by atoms with Gasteiger partial charge in [0.15, 0.2) is 14.4 Å². The summed E-state index contributed by atoms with van der Waals surface area (Å²) in [5, 5.41) is 0. The van der Waals surface area contributed by atoms with E-state index < -0.39 is 32.5 Å². The maximum absolute atomic E-state index is 13.4. The highest BCUT2D eigenvalue weighted by Gasteiger charge is 2.51. The van der Waals surface area contributed by atoms with E-state index in [2.05, 4.69) is 59.4 Å². The van der Waals surface area contributed by atoms with Crippen LogP contribution in [0.1, 0.15) is 125 Å². The molecule has 1 unspecified atom stereocenters. The first-order valence-corrected chi connectivity index (χ1v) is 23.4. The van der Waals surface area contributed by atoms with E-state index in [1.54, 1.807) is 0 Å². The molecule has 2 bridgehead atoms. The van der Waals surface area contributed by atoms with E-state index in [1.165, 1.54) is 43.4 Å². The maximum Gasteiger partial charge on any atom is 0.330 e. The lowest BCUT2D eigenvalue weighted by Crippen LogP contribution is -2.44. The van der Waals surface area contributed by atoms with Gasteiger partial charge < -0.3 is 28.1 Å². The Kier molecular flexibility index (Phi) is 18.3. The maximum atomic E-state index is 13.4. The third-order valence-electron chi connectivity index (χ3n) is 11.1. The SMILES string of the molecule is C=C1CC(O[Si](CCCC)(CCCC)CCCC)[C@@H]2O[C@@H]2C[C@@H]([C@H](/C=C/[C@@H]2CC(C)=CCO2)OC(C)=O)OC(=O)/C=C/C[C@@H]2C=CC[C@@H](C[C@@H](C)C1)O2. The first-order valence-electron chi connectivity index (χ1n) is 20.8. The number of unbranched alkanes of at least 4 members (excludes halogenated alkanes) is 3. The summed E-state index contributed by atoms with van der Waals surface area (Å²) in [6.07, 6.45) is 23.4. The Morgan fingerprint density at radius 3 is 2.38 bits per heavy atom. The number of carbonyl (C=O) groups is 2. The smallest absolute Gasteiger partial charge is 0.330 e. The van der Waals surface area contributed by atoms with E-state index in [-0.39, 0.29) is 36.6 Å². The van der Waals surface area contributed by atoms with Gasteiger partial charge in [-0.15, -0.1) is 0 Å². The standard InChI is InChI=1S/C44H70O8Si/c1-8-11-24-53(25-12-9-2,26-13-10-3)52-42-30-34(6)27-33(5)29-38-18-14-16-36(49-38)17-15-19-43(46)50-40(31-41-44(42)51-41)39(48-35(7)45)21-20-37-28-32(4)22-23-47-37/h14-16,19-22,33,36-42,44H,6,8-13,17-18,23-31H2,1-5,7H3/b19-15+,21-20+/t33-,36-,37+,38-,39-,40-,41+,42?,44+/m0/s1. The van der Waals surface area contributed by atoms with Crippen LogP contribution in [-0.2, 0) is 37.7 Å². The minimum Gasteiger partial charge on any atom is -0.455 e. The predicted octanol–water partition coefficient (Wildman–Crippen LogP) is 10.0. The van der Waals surface area contributed by atoms with Crippen molar-refractivity contribution in [3.8, 4) is 0 Å². The van der Waals surface area contributed by atoms with Gasteiger partial charge in [0.25, 0.3) is 0 Å². The second-order valence-corrected chi connectivity index (χ2v) is 20.3. The molecule has 0 radical (unpaired) electrons. The Balaban J connectivity index is 1.66. The number of ether oxygens (including phenoxy) is 5. The number of carbonyl (C=O) groups excluding carboxylic acids is 2. The lowest BCUT2D eigenvalue weighted by molar-refractivity contribution is -0.160. The summed E-state index contributed by atoms with van der Waals surface area (Å²) in [5.74, 6) is -0.514. The first-order chi connectivity index (χ1) is 25.5. The second kappa shape index (κ2) is 22.3. The molecule has 9 heteroatoms. The number of epoxide rings is 1. The molecular formula is C44H70O8Si. The van der Waals surface area contributed by atoms with E-state index in [0.29, 0.717) is 25.4 Å². The van der Waals surface area contributed by atoms with Crippen molar-refractivity contribution < 1.29 is 37.7 Å². The molecule has 4 aliphatic rings. The van der Waals surface area contributed by atoms with Crippen LogP contribution in [0.15, 0.2) is 60.3 Å². The van der Waals surface area contributed by atoms with E-state index in [9.17, 15) is 9.59 Å². The van der Waals surface area contributed by atoms with Crippen LogP contribution in [-0.4, -0.2) is 75.7 Å². The molecule has 0 aliphatic carbocycles. The zero-order valence-electron chi connectivity index (χ0n) is 33.7. The number of rotatable bonds is 15. The zero-order chi connectivity index (χ0) is 38.2. The monoisotopic (exact) mass is 754 g/mol. The first kappa shape index (κ1) is 43.4. The fourth-order valence-electron chi connectivity index (χ4n) is 8.20. The van der Waals surface area contributed by atoms with Crippen LogP contribution in [0.5, 0.6) is 0 Å². The van der Waals surface area contributed by atoms with Gasteiger partial charge in [-0.2, -0.15) is 0 Å². The third-order valence-corrected chi connectivity index (χ3v) is 15.7. The van der Waals surface area contributed by atoms with Crippen molar-refractivity contribution in [2.45, 2.75) is 192 Å². The molecule has 4 rings (SSSR count). The Bertz CT molecular complexity index is 1270. The van der Waals surface area contributed by atoms with E-state index >= 15 is 0 Å². The van der Waals surface area contributed by atoms with Gasteiger partial charge in [0.2, 0.25) is 0 Å². The summed E-state index contributed by atoms with van der Waals surface area (Å²) in [7, 11) is -2.11. The molecule has 1 fully saturated rings. The van der Waals surface area contributed by atoms with Crippen molar-refractivity contribution in [2.24, 2.45) is 5.92 Å². The normalized spacial score (nSPS) is 31.5. The molecule has 0 saturated carbocycles. The van der Waals surface area contributed by atoms with Gasteiger partial charge >= 0.3 is 11.9 Å². The molecule has 9 atom stereocenters. The van der Waals surface area contributed by atoms with Gasteiger partial charge in [-0.25, -0.2) is 4.79 Å². The van der Waals surface area contributed by atoms with E-state index in [4.69, 9.17) is 28.1 Å². The van der Waals surface area contributed by atoms with Gasteiger partial charge in [0.1, 0.15) is 12.2 Å². The molecule has 4 heterocycles. The van der Waals surface area contributed by atoms with Crippen LogP contribution in [0, 0.1) is 5.92 Å². The van der Waals surface area contributed by atoms with Crippen LogP contribution in [0.2, 0.25) is 18.1 Å². The average Bonchev–Trinajstić information content (AvgIpc) is 3.88. The Morgan fingerprint density at radius 1 is 1.00 bits per heavy atom. The lowest BCUT2D eigenvalue weighted by Gasteiger charge is -2.36. The third kappa shape index (κ3) is 15.0. The van der Waals surface area contributed by atoms with E-state index in [0.717, 1.165) is 69.5 Å². The largest absolute Gasteiger partial charge is 0.455 e. The fraction of sp³-hybridized carbons (Fsp3) is 0.727. The molecule has 0 N–H and O–H groups in total. The number of cyclic esters (lactones) is 1. The highest BCUT2D eigenvalue weighted by Crippen LogP contribution is 2.41. The summed E-state index contributed by atoms with van der Waals surface area (Å²) < 4.78 is 38.5. The van der Waals surface area contributed by atoms with Crippen LogP contribution in [0.4, 0.5) is 0 Å². The average molecular weight is 755 g/mol. The van der Waals surface area contributed by atoms with Gasteiger partial charge in [0, 0.05) is 19.4 Å². The lowest BCUT2D eigenvalue weighted by atomic mass is 9.91. The Hall–Kier alpha value is -2.30. The molecule has 0 aromatic heterocycles. The van der Waals surface area contributed by atoms with Crippen LogP contribution in [0.3, 0.4) is 0 Å². The van der Waals surface area contributed by atoms with Crippen molar-refractivity contribution in [2.75, 3.05) is 6.61 Å². The molecule has 53 heavy (non-hydrogen) atoms. The summed E-state index contributed by atoms with van der Waals surface area (Å²) >= 11 is 0. The van der Waals surface area contributed by atoms with Crippen molar-refractivity contribution in [1.82, 2.24) is 0 Å². The topological polar surface area (TPSA) is 92.8 Å². The number of fused-ring (bicyclic) bond motifs is 3. The van der Waals surface area contributed by atoms with Crippen LogP contribution < -0.4 is 0 Å². The van der Waals surface area contributed by atoms with Gasteiger partial charge in [-0.3, -0.25) is 4.79 Å². The second-order valence-electron chi connectivity index (χ2n) is 16.2. The van der Waals surface area contributed by atoms with Crippen molar-refractivity contribution in [3.63, 3.8) is 0 Å². The van der Waals surface area contributed by atoms with Crippen molar-refractivity contribution in [1.29, 1.82) is 0 Å².